The SMILES string of the molecule is CCn1c(C(Cc2ccccc2)Cc2ccccc2)nc(-c2ccncc2)c1-c1ccc(Cl)cc1. The fraction of sp³-hybridized carbons (Fsp3) is 0.161. The molecule has 0 saturated carbocycles. The van der Waals surface area contributed by atoms with E-state index in [2.05, 4.69) is 89.3 Å². The van der Waals surface area contributed by atoms with E-state index in [-0.39, 0.29) is 5.92 Å². The minimum Gasteiger partial charge on any atom is -0.328 e. The number of halogens is 1. The third kappa shape index (κ3) is 5.21. The molecule has 0 atom stereocenters. The number of nitrogens with zero attached hydrogens (tertiary/aromatic N) is 3. The largest absolute Gasteiger partial charge is 0.328 e. The van der Waals surface area contributed by atoms with Gasteiger partial charge >= 0.3 is 0 Å². The van der Waals surface area contributed by atoms with Gasteiger partial charge in [-0.2, -0.15) is 0 Å². The molecular weight excluding hydrogens is 450 g/mol. The highest BCUT2D eigenvalue weighted by molar-refractivity contribution is 6.30. The first-order valence-corrected chi connectivity index (χ1v) is 12.5. The third-order valence-electron chi connectivity index (χ3n) is 6.40. The summed E-state index contributed by atoms with van der Waals surface area (Å²) in [4.78, 5) is 9.57. The molecule has 174 valence electrons. The molecule has 4 heteroatoms. The summed E-state index contributed by atoms with van der Waals surface area (Å²) in [5.41, 5.74) is 6.92. The lowest BCUT2D eigenvalue weighted by Crippen LogP contribution is -2.14. The molecule has 0 spiro atoms. The summed E-state index contributed by atoms with van der Waals surface area (Å²) in [5.74, 6) is 1.33. The lowest BCUT2D eigenvalue weighted by Gasteiger charge is -2.19. The number of hydrogen-bond donors (Lipinski definition) is 0. The molecule has 0 aliphatic heterocycles. The minimum atomic E-state index is 0.224. The molecule has 5 aromatic rings. The van der Waals surface area contributed by atoms with Gasteiger partial charge < -0.3 is 4.57 Å². The standard InChI is InChI=1S/C31H28ClN3/c1-2-35-30(26-13-15-28(32)16-14-26)29(25-17-19-33-20-18-25)34-31(35)27(21-23-9-5-3-6-10-23)22-24-11-7-4-8-12-24/h3-20,27H,2,21-22H2,1H3. The summed E-state index contributed by atoms with van der Waals surface area (Å²) in [6.07, 6.45) is 5.50. The van der Waals surface area contributed by atoms with Gasteiger partial charge in [-0.1, -0.05) is 84.4 Å². The molecule has 5 rings (SSSR count). The van der Waals surface area contributed by atoms with Gasteiger partial charge in [0.05, 0.1) is 11.4 Å². The van der Waals surface area contributed by atoms with Crippen LogP contribution in [0.4, 0.5) is 0 Å². The van der Waals surface area contributed by atoms with Crippen LogP contribution in [0.1, 0.15) is 29.8 Å². The first kappa shape index (κ1) is 23.1. The first-order chi connectivity index (χ1) is 17.2. The zero-order chi connectivity index (χ0) is 24.0. The zero-order valence-corrected chi connectivity index (χ0v) is 20.6. The predicted molar refractivity (Wildman–Crippen MR) is 145 cm³/mol. The maximum atomic E-state index is 6.24. The number of benzene rings is 3. The molecule has 0 saturated heterocycles. The number of hydrogen-bond acceptors (Lipinski definition) is 2. The lowest BCUT2D eigenvalue weighted by atomic mass is 9.91. The van der Waals surface area contributed by atoms with Crippen LogP contribution >= 0.6 is 11.6 Å². The van der Waals surface area contributed by atoms with Gasteiger partial charge in [0, 0.05) is 41.0 Å². The smallest absolute Gasteiger partial charge is 0.113 e. The highest BCUT2D eigenvalue weighted by Gasteiger charge is 2.25. The van der Waals surface area contributed by atoms with E-state index in [0.717, 1.165) is 52.7 Å². The van der Waals surface area contributed by atoms with Crippen LogP contribution in [0.3, 0.4) is 0 Å². The van der Waals surface area contributed by atoms with Gasteiger partial charge in [-0.05, 0) is 55.2 Å². The Morgan fingerprint density at radius 2 is 1.29 bits per heavy atom. The van der Waals surface area contributed by atoms with E-state index in [1.54, 1.807) is 0 Å². The molecule has 0 N–H and O–H groups in total. The van der Waals surface area contributed by atoms with Crippen molar-refractivity contribution in [1.29, 1.82) is 0 Å². The summed E-state index contributed by atoms with van der Waals surface area (Å²) in [7, 11) is 0. The van der Waals surface area contributed by atoms with Crippen LogP contribution in [0.25, 0.3) is 22.5 Å². The fourth-order valence-electron chi connectivity index (χ4n) is 4.77. The van der Waals surface area contributed by atoms with Crippen molar-refractivity contribution < 1.29 is 0 Å². The molecule has 3 aromatic carbocycles. The van der Waals surface area contributed by atoms with E-state index < -0.39 is 0 Å². The number of pyridine rings is 1. The molecule has 0 radical (unpaired) electrons. The average molecular weight is 478 g/mol. The van der Waals surface area contributed by atoms with E-state index >= 15 is 0 Å². The van der Waals surface area contributed by atoms with Gasteiger partial charge in [-0.15, -0.1) is 0 Å². The summed E-state index contributed by atoms with van der Waals surface area (Å²) in [6, 6.07) is 33.6. The van der Waals surface area contributed by atoms with Gasteiger partial charge in [0.1, 0.15) is 5.82 Å². The molecule has 0 amide bonds. The summed E-state index contributed by atoms with van der Waals surface area (Å²) in [6.45, 7) is 3.02. The van der Waals surface area contributed by atoms with Crippen LogP contribution in [0.2, 0.25) is 5.02 Å². The normalized spacial score (nSPS) is 11.2. The second-order valence-electron chi connectivity index (χ2n) is 8.73. The molecule has 2 heterocycles. The van der Waals surface area contributed by atoms with Gasteiger partial charge in [0.25, 0.3) is 0 Å². The maximum Gasteiger partial charge on any atom is 0.113 e. The quantitative estimate of drug-likeness (QED) is 0.228. The molecule has 3 nitrogen and oxygen atoms in total. The van der Waals surface area contributed by atoms with Crippen LogP contribution < -0.4 is 0 Å². The zero-order valence-electron chi connectivity index (χ0n) is 19.8. The Kier molecular flexibility index (Phi) is 7.06. The van der Waals surface area contributed by atoms with E-state index in [0.29, 0.717) is 0 Å². The Hall–Kier alpha value is -3.69. The molecule has 0 aliphatic rings. The van der Waals surface area contributed by atoms with Crippen molar-refractivity contribution in [3.8, 4) is 22.5 Å². The van der Waals surface area contributed by atoms with E-state index in [9.17, 15) is 0 Å². The van der Waals surface area contributed by atoms with Crippen LogP contribution in [0.5, 0.6) is 0 Å². The molecule has 35 heavy (non-hydrogen) atoms. The van der Waals surface area contributed by atoms with Crippen molar-refractivity contribution in [3.05, 3.63) is 131 Å². The second kappa shape index (κ2) is 10.7. The Balaban J connectivity index is 1.68. The molecule has 0 unspecified atom stereocenters. The van der Waals surface area contributed by atoms with Crippen molar-refractivity contribution >= 4 is 11.6 Å². The van der Waals surface area contributed by atoms with E-state index in [1.165, 1.54) is 11.1 Å². The second-order valence-corrected chi connectivity index (χ2v) is 9.17. The Labute approximate surface area is 212 Å². The highest BCUT2D eigenvalue weighted by atomic mass is 35.5. The summed E-state index contributed by atoms with van der Waals surface area (Å²) >= 11 is 6.24. The van der Waals surface area contributed by atoms with Gasteiger partial charge in [0.15, 0.2) is 0 Å². The van der Waals surface area contributed by atoms with Crippen molar-refractivity contribution in [2.45, 2.75) is 32.2 Å². The lowest BCUT2D eigenvalue weighted by molar-refractivity contribution is 0.582. The first-order valence-electron chi connectivity index (χ1n) is 12.1. The maximum absolute atomic E-state index is 6.24. The molecular formula is C31H28ClN3. The summed E-state index contributed by atoms with van der Waals surface area (Å²) in [5, 5.41) is 0.730. The Bertz CT molecular complexity index is 1320. The highest BCUT2D eigenvalue weighted by Crippen LogP contribution is 2.37. The predicted octanol–water partition coefficient (Wildman–Crippen LogP) is 7.85. The van der Waals surface area contributed by atoms with E-state index in [1.807, 2.05) is 36.7 Å². The topological polar surface area (TPSA) is 30.7 Å². The molecule has 0 bridgehead atoms. The number of aromatic nitrogens is 3. The van der Waals surface area contributed by atoms with Gasteiger partial charge in [0.2, 0.25) is 0 Å². The van der Waals surface area contributed by atoms with Crippen molar-refractivity contribution in [3.63, 3.8) is 0 Å². The minimum absolute atomic E-state index is 0.224. The molecule has 2 aromatic heterocycles. The van der Waals surface area contributed by atoms with E-state index in [4.69, 9.17) is 16.6 Å². The monoisotopic (exact) mass is 477 g/mol. The van der Waals surface area contributed by atoms with Crippen molar-refractivity contribution in [2.24, 2.45) is 0 Å². The molecule has 0 aliphatic carbocycles. The number of imidazole rings is 1. The van der Waals surface area contributed by atoms with Gasteiger partial charge in [-0.3, -0.25) is 4.98 Å². The fourth-order valence-corrected chi connectivity index (χ4v) is 4.89. The van der Waals surface area contributed by atoms with Crippen molar-refractivity contribution in [1.82, 2.24) is 14.5 Å². The Morgan fingerprint density at radius 1 is 0.714 bits per heavy atom. The third-order valence-corrected chi connectivity index (χ3v) is 6.65. The van der Waals surface area contributed by atoms with Crippen LogP contribution in [0.15, 0.2) is 109 Å². The summed E-state index contributed by atoms with van der Waals surface area (Å²) < 4.78 is 2.38. The van der Waals surface area contributed by atoms with Gasteiger partial charge in [-0.25, -0.2) is 4.98 Å². The van der Waals surface area contributed by atoms with Crippen LogP contribution in [-0.2, 0) is 19.4 Å². The number of rotatable bonds is 8. The van der Waals surface area contributed by atoms with Crippen molar-refractivity contribution in [2.75, 3.05) is 0 Å². The van der Waals surface area contributed by atoms with Crippen LogP contribution in [0, 0.1) is 0 Å². The van der Waals surface area contributed by atoms with Crippen LogP contribution in [-0.4, -0.2) is 14.5 Å². The Morgan fingerprint density at radius 3 is 1.83 bits per heavy atom. The molecule has 0 fully saturated rings. The average Bonchev–Trinajstić information content (AvgIpc) is 3.30.